The summed E-state index contributed by atoms with van der Waals surface area (Å²) < 4.78 is 2.25. The van der Waals surface area contributed by atoms with Gasteiger partial charge in [-0.1, -0.05) is 13.8 Å². The zero-order valence-electron chi connectivity index (χ0n) is 17.9. The SMILES string of the molecule is CN=C(NCC(C)(C)N1CCCC(C)C1)N1CCC(C)C(n2ccnc2)C1. The largest absolute Gasteiger partial charge is 0.354 e. The number of aromatic nitrogens is 2. The smallest absolute Gasteiger partial charge is 0.193 e. The van der Waals surface area contributed by atoms with Crippen LogP contribution in [0.3, 0.4) is 0 Å². The van der Waals surface area contributed by atoms with E-state index in [4.69, 9.17) is 0 Å². The second-order valence-corrected chi connectivity index (χ2v) is 9.20. The number of likely N-dealkylation sites (tertiary alicyclic amines) is 2. The van der Waals surface area contributed by atoms with Crippen molar-refractivity contribution in [1.82, 2.24) is 24.7 Å². The Morgan fingerprint density at radius 2 is 2.04 bits per heavy atom. The molecule has 0 amide bonds. The van der Waals surface area contributed by atoms with Crippen molar-refractivity contribution in [2.75, 3.05) is 39.8 Å². The lowest BCUT2D eigenvalue weighted by molar-refractivity contribution is 0.0730. The van der Waals surface area contributed by atoms with E-state index in [1.165, 1.54) is 32.4 Å². The van der Waals surface area contributed by atoms with Crippen molar-refractivity contribution in [3.8, 4) is 0 Å². The molecule has 1 aromatic rings. The number of rotatable bonds is 4. The molecule has 2 fully saturated rings. The highest BCUT2D eigenvalue weighted by atomic mass is 15.3. The van der Waals surface area contributed by atoms with Gasteiger partial charge in [0.15, 0.2) is 5.96 Å². The van der Waals surface area contributed by atoms with Gasteiger partial charge in [0.1, 0.15) is 0 Å². The fourth-order valence-electron chi connectivity index (χ4n) is 4.57. The van der Waals surface area contributed by atoms with Crippen LogP contribution in [0.15, 0.2) is 23.7 Å². The normalized spacial score (nSPS) is 28.4. The van der Waals surface area contributed by atoms with Crippen LogP contribution in [0.1, 0.15) is 53.0 Å². The molecule has 3 unspecified atom stereocenters. The van der Waals surface area contributed by atoms with E-state index >= 15 is 0 Å². The number of imidazole rings is 1. The van der Waals surface area contributed by atoms with E-state index in [0.717, 1.165) is 31.5 Å². The molecule has 1 aromatic heterocycles. The van der Waals surface area contributed by atoms with Gasteiger partial charge >= 0.3 is 0 Å². The van der Waals surface area contributed by atoms with E-state index in [1.54, 1.807) is 0 Å². The number of nitrogens with one attached hydrogen (secondary N) is 1. The third kappa shape index (κ3) is 4.84. The maximum Gasteiger partial charge on any atom is 0.193 e. The highest BCUT2D eigenvalue weighted by molar-refractivity contribution is 5.80. The highest BCUT2D eigenvalue weighted by Gasteiger charge is 2.32. The van der Waals surface area contributed by atoms with Gasteiger partial charge in [-0.3, -0.25) is 9.89 Å². The predicted molar refractivity (Wildman–Crippen MR) is 112 cm³/mol. The first-order valence-corrected chi connectivity index (χ1v) is 10.6. The lowest BCUT2D eigenvalue weighted by atomic mass is 9.93. The van der Waals surface area contributed by atoms with Gasteiger partial charge < -0.3 is 14.8 Å². The molecule has 6 nitrogen and oxygen atoms in total. The van der Waals surface area contributed by atoms with E-state index in [-0.39, 0.29) is 5.54 Å². The number of nitrogens with zero attached hydrogens (tertiary/aromatic N) is 5. The summed E-state index contributed by atoms with van der Waals surface area (Å²) in [6.07, 6.45) is 9.76. The van der Waals surface area contributed by atoms with Crippen molar-refractivity contribution in [3.63, 3.8) is 0 Å². The van der Waals surface area contributed by atoms with Crippen LogP contribution < -0.4 is 5.32 Å². The van der Waals surface area contributed by atoms with Crippen molar-refractivity contribution in [3.05, 3.63) is 18.7 Å². The zero-order chi connectivity index (χ0) is 19.4. The standard InChI is InChI=1S/C21H38N6/c1-17-7-6-10-27(13-17)21(3,4)15-24-20(22-5)25-11-8-18(2)19(14-25)26-12-9-23-16-26/h9,12,16-19H,6-8,10-11,13-15H2,1-5H3,(H,22,24). The molecule has 2 aliphatic heterocycles. The topological polar surface area (TPSA) is 48.7 Å². The van der Waals surface area contributed by atoms with Gasteiger partial charge in [-0.25, -0.2) is 4.98 Å². The number of hydrogen-bond donors (Lipinski definition) is 1. The van der Waals surface area contributed by atoms with Crippen LogP contribution >= 0.6 is 0 Å². The van der Waals surface area contributed by atoms with Crippen LogP contribution in [0, 0.1) is 11.8 Å². The Morgan fingerprint density at radius 1 is 1.22 bits per heavy atom. The van der Waals surface area contributed by atoms with Crippen LogP contribution in [0.2, 0.25) is 0 Å². The van der Waals surface area contributed by atoms with Gasteiger partial charge in [0, 0.05) is 51.2 Å². The van der Waals surface area contributed by atoms with E-state index in [9.17, 15) is 0 Å². The monoisotopic (exact) mass is 374 g/mol. The minimum Gasteiger partial charge on any atom is -0.354 e. The third-order valence-corrected chi connectivity index (χ3v) is 6.53. The molecule has 0 aromatic carbocycles. The average Bonchev–Trinajstić information content (AvgIpc) is 3.18. The summed E-state index contributed by atoms with van der Waals surface area (Å²) in [5.41, 5.74) is 0.136. The van der Waals surface area contributed by atoms with E-state index in [0.29, 0.717) is 12.0 Å². The molecule has 0 radical (unpaired) electrons. The first-order chi connectivity index (χ1) is 12.9. The second-order valence-electron chi connectivity index (χ2n) is 9.20. The molecule has 152 valence electrons. The minimum atomic E-state index is 0.136. The molecule has 3 atom stereocenters. The van der Waals surface area contributed by atoms with E-state index in [1.807, 2.05) is 19.6 Å². The molecule has 3 heterocycles. The zero-order valence-corrected chi connectivity index (χ0v) is 17.9. The molecule has 1 N–H and O–H groups in total. The van der Waals surface area contributed by atoms with Crippen molar-refractivity contribution >= 4 is 5.96 Å². The van der Waals surface area contributed by atoms with Crippen molar-refractivity contribution < 1.29 is 0 Å². The first-order valence-electron chi connectivity index (χ1n) is 10.6. The molecule has 6 heteroatoms. The summed E-state index contributed by atoms with van der Waals surface area (Å²) in [6.45, 7) is 14.8. The van der Waals surface area contributed by atoms with Crippen LogP contribution in [-0.2, 0) is 0 Å². The minimum absolute atomic E-state index is 0.136. The van der Waals surface area contributed by atoms with Crippen LogP contribution in [-0.4, -0.2) is 70.6 Å². The summed E-state index contributed by atoms with van der Waals surface area (Å²) in [4.78, 5) is 13.9. The van der Waals surface area contributed by atoms with Crippen molar-refractivity contribution in [1.29, 1.82) is 0 Å². The maximum absolute atomic E-state index is 4.60. The Balaban J connectivity index is 1.60. The van der Waals surface area contributed by atoms with Gasteiger partial charge in [0.25, 0.3) is 0 Å². The number of aliphatic imine (C=N–C) groups is 1. The highest BCUT2D eigenvalue weighted by Crippen LogP contribution is 2.28. The molecule has 2 saturated heterocycles. The molecular formula is C21H38N6. The Hall–Kier alpha value is -1.56. The first kappa shape index (κ1) is 20.2. The number of hydrogen-bond acceptors (Lipinski definition) is 3. The van der Waals surface area contributed by atoms with Gasteiger partial charge in [-0.2, -0.15) is 0 Å². The average molecular weight is 375 g/mol. The lowest BCUT2D eigenvalue weighted by Crippen LogP contribution is -2.57. The predicted octanol–water partition coefficient (Wildman–Crippen LogP) is 2.85. The van der Waals surface area contributed by atoms with Gasteiger partial charge in [0.2, 0.25) is 0 Å². The molecule has 27 heavy (non-hydrogen) atoms. The summed E-state index contributed by atoms with van der Waals surface area (Å²) in [5, 5.41) is 3.68. The van der Waals surface area contributed by atoms with Crippen LogP contribution in [0.5, 0.6) is 0 Å². The summed E-state index contributed by atoms with van der Waals surface area (Å²) in [6, 6.07) is 0.454. The second kappa shape index (κ2) is 8.63. The Morgan fingerprint density at radius 3 is 2.70 bits per heavy atom. The Bertz CT molecular complexity index is 608. The Kier molecular flexibility index (Phi) is 6.45. The summed E-state index contributed by atoms with van der Waals surface area (Å²) >= 11 is 0. The molecule has 3 rings (SSSR count). The fourth-order valence-corrected chi connectivity index (χ4v) is 4.57. The van der Waals surface area contributed by atoms with Crippen molar-refractivity contribution in [2.24, 2.45) is 16.8 Å². The van der Waals surface area contributed by atoms with Crippen molar-refractivity contribution in [2.45, 2.75) is 58.5 Å². The molecule has 0 spiro atoms. The quantitative estimate of drug-likeness (QED) is 0.650. The molecule has 0 aliphatic carbocycles. The summed E-state index contributed by atoms with van der Waals surface area (Å²) in [5.74, 6) is 2.49. The fraction of sp³-hybridized carbons (Fsp3) is 0.810. The van der Waals surface area contributed by atoms with Crippen LogP contribution in [0.25, 0.3) is 0 Å². The Labute approximate surface area is 165 Å². The van der Waals surface area contributed by atoms with Gasteiger partial charge in [0.05, 0.1) is 12.4 Å². The molecule has 2 aliphatic rings. The van der Waals surface area contributed by atoms with E-state index < -0.39 is 0 Å². The van der Waals surface area contributed by atoms with Gasteiger partial charge in [-0.15, -0.1) is 0 Å². The summed E-state index contributed by atoms with van der Waals surface area (Å²) in [7, 11) is 1.91. The number of guanidine groups is 1. The van der Waals surface area contributed by atoms with Crippen LogP contribution in [0.4, 0.5) is 0 Å². The molecule has 0 bridgehead atoms. The lowest BCUT2D eigenvalue weighted by Gasteiger charge is -2.44. The molecule has 0 saturated carbocycles. The van der Waals surface area contributed by atoms with E-state index in [2.05, 4.69) is 63.6 Å². The molecular weight excluding hydrogens is 336 g/mol. The number of piperidine rings is 2. The van der Waals surface area contributed by atoms with Gasteiger partial charge in [-0.05, 0) is 51.5 Å². The maximum atomic E-state index is 4.60. The third-order valence-electron chi connectivity index (χ3n) is 6.53.